The molecule has 4 rings (SSSR count). The number of nitroso groups, excluding NO2 is 1. The van der Waals surface area contributed by atoms with Crippen LogP contribution in [-0.4, -0.2) is 30.0 Å². The van der Waals surface area contributed by atoms with E-state index in [1.165, 1.54) is 11.6 Å². The van der Waals surface area contributed by atoms with Gasteiger partial charge in [0.15, 0.2) is 5.75 Å². The molecule has 1 N–H and O–H groups in total. The van der Waals surface area contributed by atoms with Gasteiger partial charge in [-0.25, -0.2) is 0 Å². The predicted octanol–water partition coefficient (Wildman–Crippen LogP) is 6.43. The van der Waals surface area contributed by atoms with Crippen LogP contribution in [-0.2, 0) is 11.3 Å². The molecule has 0 radical (unpaired) electrons. The summed E-state index contributed by atoms with van der Waals surface area (Å²) in [6.45, 7) is 0.782. The van der Waals surface area contributed by atoms with Crippen molar-refractivity contribution in [3.8, 4) is 27.7 Å². The maximum absolute atomic E-state index is 11.1. The largest absolute Gasteiger partial charge is 0.508 e. The third-order valence-electron chi connectivity index (χ3n) is 4.98. The third kappa shape index (κ3) is 5.16. The Morgan fingerprint density at radius 2 is 1.85 bits per heavy atom. The molecule has 3 aromatic carbocycles. The molecular formula is C26H22N2O4S. The molecule has 6 nitrogen and oxygen atoms in total. The fraction of sp³-hybridized carbons (Fsp3) is 0.115. The molecule has 1 aromatic heterocycles. The van der Waals surface area contributed by atoms with Crippen molar-refractivity contribution in [3.05, 3.63) is 88.8 Å². The second kappa shape index (κ2) is 9.77. The standard InChI is InChI=1S/C26H22N2O4S/c1-28(2)16-18-5-3-4-6-21(18)26-25(22-13-10-19(29)15-23(22)33-26)32-20-11-7-17(8-12-20)9-14-24(30)27-31/h3-15,29H,16H2,1-2H3/b14-9+. The second-order valence-electron chi connectivity index (χ2n) is 7.77. The summed E-state index contributed by atoms with van der Waals surface area (Å²) in [5, 5.41) is 13.3. The van der Waals surface area contributed by atoms with Crippen LogP contribution >= 0.6 is 11.3 Å². The lowest BCUT2D eigenvalue weighted by atomic mass is 10.0. The predicted molar refractivity (Wildman–Crippen MR) is 133 cm³/mol. The lowest BCUT2D eigenvalue weighted by Gasteiger charge is -2.15. The van der Waals surface area contributed by atoms with Crippen molar-refractivity contribution in [1.29, 1.82) is 0 Å². The van der Waals surface area contributed by atoms with Gasteiger partial charge < -0.3 is 14.7 Å². The smallest absolute Gasteiger partial charge is 0.309 e. The van der Waals surface area contributed by atoms with Crippen LogP contribution in [0.4, 0.5) is 0 Å². The van der Waals surface area contributed by atoms with Gasteiger partial charge in [-0.05, 0) is 67.2 Å². The first-order valence-corrected chi connectivity index (χ1v) is 11.1. The Morgan fingerprint density at radius 3 is 2.58 bits per heavy atom. The third-order valence-corrected chi connectivity index (χ3v) is 6.15. The molecule has 0 atom stereocenters. The van der Waals surface area contributed by atoms with E-state index in [-0.39, 0.29) is 5.75 Å². The highest BCUT2D eigenvalue weighted by atomic mass is 32.1. The van der Waals surface area contributed by atoms with Crippen LogP contribution in [0.25, 0.3) is 26.6 Å². The minimum atomic E-state index is -0.829. The molecule has 166 valence electrons. The average Bonchev–Trinajstić information content (AvgIpc) is 3.15. The Hall–Kier alpha value is -3.81. The van der Waals surface area contributed by atoms with E-state index in [2.05, 4.69) is 22.2 Å². The molecule has 0 saturated heterocycles. The van der Waals surface area contributed by atoms with Gasteiger partial charge in [0.25, 0.3) is 0 Å². The molecule has 0 fully saturated rings. The van der Waals surface area contributed by atoms with Crippen molar-refractivity contribution >= 4 is 33.4 Å². The summed E-state index contributed by atoms with van der Waals surface area (Å²) < 4.78 is 7.30. The Labute approximate surface area is 195 Å². The van der Waals surface area contributed by atoms with E-state index in [1.807, 2.05) is 32.3 Å². The molecule has 0 spiro atoms. The molecule has 0 bridgehead atoms. The Bertz CT molecular complexity index is 1340. The molecule has 33 heavy (non-hydrogen) atoms. The van der Waals surface area contributed by atoms with Gasteiger partial charge in [0.2, 0.25) is 0 Å². The number of phenolic OH excluding ortho intramolecular Hbond substituents is 1. The average molecular weight is 459 g/mol. The molecule has 1 amide bonds. The van der Waals surface area contributed by atoms with E-state index in [1.54, 1.807) is 47.7 Å². The van der Waals surface area contributed by atoms with Crippen LogP contribution < -0.4 is 4.74 Å². The van der Waals surface area contributed by atoms with E-state index in [0.717, 1.165) is 44.5 Å². The number of amides is 1. The molecule has 0 aliphatic carbocycles. The number of hydrogen-bond donors (Lipinski definition) is 1. The van der Waals surface area contributed by atoms with Crippen molar-refractivity contribution in [3.63, 3.8) is 0 Å². The molecular weight excluding hydrogens is 436 g/mol. The summed E-state index contributed by atoms with van der Waals surface area (Å²) in [7, 11) is 4.07. The van der Waals surface area contributed by atoms with Crippen LogP contribution in [0, 0.1) is 4.91 Å². The molecule has 7 heteroatoms. The number of fused-ring (bicyclic) bond motifs is 1. The Morgan fingerprint density at radius 1 is 1.09 bits per heavy atom. The maximum atomic E-state index is 11.1. The lowest BCUT2D eigenvalue weighted by molar-refractivity contribution is -0.113. The van der Waals surface area contributed by atoms with Crippen LogP contribution in [0.2, 0.25) is 0 Å². The number of aromatic hydroxyl groups is 1. The van der Waals surface area contributed by atoms with Gasteiger partial charge >= 0.3 is 5.91 Å². The van der Waals surface area contributed by atoms with E-state index in [9.17, 15) is 14.8 Å². The highest BCUT2D eigenvalue weighted by Gasteiger charge is 2.19. The zero-order chi connectivity index (χ0) is 23.4. The fourth-order valence-corrected chi connectivity index (χ4v) is 4.75. The summed E-state index contributed by atoms with van der Waals surface area (Å²) >= 11 is 1.58. The zero-order valence-electron chi connectivity index (χ0n) is 18.2. The number of ether oxygens (including phenoxy) is 1. The second-order valence-corrected chi connectivity index (χ2v) is 8.82. The van der Waals surface area contributed by atoms with Crippen LogP contribution in [0.5, 0.6) is 17.2 Å². The number of thiophene rings is 1. The minimum Gasteiger partial charge on any atom is -0.508 e. The maximum Gasteiger partial charge on any atom is 0.309 e. The summed E-state index contributed by atoms with van der Waals surface area (Å²) in [5.41, 5.74) is 3.01. The first-order chi connectivity index (χ1) is 15.9. The first kappa shape index (κ1) is 22.4. The van der Waals surface area contributed by atoms with Gasteiger partial charge in [-0.2, -0.15) is 0 Å². The van der Waals surface area contributed by atoms with Gasteiger partial charge in [-0.1, -0.05) is 36.4 Å². The summed E-state index contributed by atoms with van der Waals surface area (Å²) in [6.07, 6.45) is 2.65. The number of hydrogen-bond acceptors (Lipinski definition) is 6. The highest BCUT2D eigenvalue weighted by Crippen LogP contribution is 2.48. The molecule has 0 unspecified atom stereocenters. The molecule has 1 heterocycles. The molecule has 0 saturated carbocycles. The quantitative estimate of drug-likeness (QED) is 0.255. The van der Waals surface area contributed by atoms with Gasteiger partial charge in [0.1, 0.15) is 11.5 Å². The van der Waals surface area contributed by atoms with E-state index in [4.69, 9.17) is 4.74 Å². The number of benzene rings is 3. The monoisotopic (exact) mass is 458 g/mol. The fourth-order valence-electron chi connectivity index (χ4n) is 3.52. The van der Waals surface area contributed by atoms with Crippen LogP contribution in [0.3, 0.4) is 0 Å². The summed E-state index contributed by atoms with van der Waals surface area (Å²) in [4.78, 5) is 24.4. The molecule has 0 aliphatic heterocycles. The van der Waals surface area contributed by atoms with Crippen molar-refractivity contribution < 1.29 is 14.6 Å². The van der Waals surface area contributed by atoms with Crippen molar-refractivity contribution in [2.45, 2.75) is 6.54 Å². The number of nitrogens with zero attached hydrogens (tertiary/aromatic N) is 2. The highest BCUT2D eigenvalue weighted by molar-refractivity contribution is 7.22. The van der Waals surface area contributed by atoms with Crippen molar-refractivity contribution in [1.82, 2.24) is 4.90 Å². The SMILES string of the molecule is CN(C)Cc1ccccc1-c1sc2cc(O)ccc2c1Oc1ccc(/C=C/C(=O)N=O)cc1. The lowest BCUT2D eigenvalue weighted by Crippen LogP contribution is -2.11. The molecule has 4 aromatic rings. The zero-order valence-corrected chi connectivity index (χ0v) is 19.0. The normalized spacial score (nSPS) is 11.4. The Balaban J connectivity index is 1.76. The van der Waals surface area contributed by atoms with Gasteiger partial charge in [-0.3, -0.25) is 4.79 Å². The van der Waals surface area contributed by atoms with Crippen LogP contribution in [0.15, 0.2) is 78.0 Å². The van der Waals surface area contributed by atoms with E-state index in [0.29, 0.717) is 5.75 Å². The Kier molecular flexibility index (Phi) is 6.63. The number of carbonyl (C=O) groups is 1. The first-order valence-electron chi connectivity index (χ1n) is 10.3. The number of rotatable bonds is 7. The van der Waals surface area contributed by atoms with Crippen molar-refractivity contribution in [2.75, 3.05) is 14.1 Å². The van der Waals surface area contributed by atoms with E-state index < -0.39 is 5.91 Å². The summed E-state index contributed by atoms with van der Waals surface area (Å²) in [5.74, 6) is 0.735. The van der Waals surface area contributed by atoms with E-state index >= 15 is 0 Å². The van der Waals surface area contributed by atoms with Crippen LogP contribution in [0.1, 0.15) is 11.1 Å². The molecule has 0 aliphatic rings. The number of carbonyl (C=O) groups excluding carboxylic acids is 1. The van der Waals surface area contributed by atoms with Gasteiger partial charge in [0, 0.05) is 27.9 Å². The summed E-state index contributed by atoms with van der Waals surface area (Å²) in [6, 6.07) is 20.7. The number of phenols is 1. The minimum absolute atomic E-state index is 0.207. The topological polar surface area (TPSA) is 79.2 Å². The van der Waals surface area contributed by atoms with Gasteiger partial charge in [0.05, 0.1) is 4.88 Å². The van der Waals surface area contributed by atoms with Crippen molar-refractivity contribution in [2.24, 2.45) is 5.18 Å². The van der Waals surface area contributed by atoms with Gasteiger partial charge in [-0.15, -0.1) is 16.2 Å².